The lowest BCUT2D eigenvalue weighted by Gasteiger charge is -2.18. The number of ether oxygens (including phenoxy) is 2. The standard InChI is InChI=1S/C17H27FN2O3/c1-13(2)12-23-9-5-8-19-17(21)20(3)11-14-6-7-16(22-4)15(18)10-14/h6-7,10,13H,5,8-9,11-12H2,1-4H3,(H,19,21). The summed E-state index contributed by atoms with van der Waals surface area (Å²) in [4.78, 5) is 13.5. The van der Waals surface area contributed by atoms with Crippen molar-refractivity contribution >= 4 is 6.03 Å². The lowest BCUT2D eigenvalue weighted by Crippen LogP contribution is -2.37. The van der Waals surface area contributed by atoms with Gasteiger partial charge in [-0.3, -0.25) is 0 Å². The maximum Gasteiger partial charge on any atom is 0.317 e. The molecule has 0 bridgehead atoms. The highest BCUT2D eigenvalue weighted by Crippen LogP contribution is 2.18. The quantitative estimate of drug-likeness (QED) is 0.710. The zero-order valence-corrected chi connectivity index (χ0v) is 14.4. The fraction of sp³-hybridized carbons (Fsp3) is 0.588. The largest absolute Gasteiger partial charge is 0.494 e. The Morgan fingerprint density at radius 1 is 1.39 bits per heavy atom. The normalized spacial score (nSPS) is 10.7. The van der Waals surface area contributed by atoms with E-state index in [4.69, 9.17) is 9.47 Å². The number of nitrogens with zero attached hydrogens (tertiary/aromatic N) is 1. The van der Waals surface area contributed by atoms with Crippen molar-refractivity contribution in [3.05, 3.63) is 29.6 Å². The average Bonchev–Trinajstić information content (AvgIpc) is 2.50. The first-order valence-corrected chi connectivity index (χ1v) is 7.83. The Morgan fingerprint density at radius 3 is 2.74 bits per heavy atom. The maximum absolute atomic E-state index is 13.6. The van der Waals surface area contributed by atoms with Crippen molar-refractivity contribution in [2.24, 2.45) is 5.92 Å². The van der Waals surface area contributed by atoms with Crippen LogP contribution in [0.2, 0.25) is 0 Å². The zero-order chi connectivity index (χ0) is 17.2. The molecular formula is C17H27FN2O3. The highest BCUT2D eigenvalue weighted by molar-refractivity contribution is 5.73. The van der Waals surface area contributed by atoms with Gasteiger partial charge in [-0.25, -0.2) is 9.18 Å². The fourth-order valence-corrected chi connectivity index (χ4v) is 1.98. The van der Waals surface area contributed by atoms with Crippen LogP contribution >= 0.6 is 0 Å². The van der Waals surface area contributed by atoms with Crippen LogP contribution in [0.4, 0.5) is 9.18 Å². The number of hydrogen-bond donors (Lipinski definition) is 1. The zero-order valence-electron chi connectivity index (χ0n) is 14.4. The minimum absolute atomic E-state index is 0.190. The van der Waals surface area contributed by atoms with E-state index in [1.165, 1.54) is 18.1 Å². The van der Waals surface area contributed by atoms with Gasteiger partial charge in [0.2, 0.25) is 0 Å². The Kier molecular flexibility index (Phi) is 8.40. The summed E-state index contributed by atoms with van der Waals surface area (Å²) < 4.78 is 23.9. The Balaban J connectivity index is 2.29. The summed E-state index contributed by atoms with van der Waals surface area (Å²) in [5.41, 5.74) is 0.709. The first-order valence-electron chi connectivity index (χ1n) is 7.83. The summed E-state index contributed by atoms with van der Waals surface area (Å²) in [6.45, 7) is 6.44. The predicted octanol–water partition coefficient (Wildman–Crippen LogP) is 3.04. The predicted molar refractivity (Wildman–Crippen MR) is 88.1 cm³/mol. The summed E-state index contributed by atoms with van der Waals surface area (Å²) in [5.74, 6) is 0.281. The third-order valence-electron chi connectivity index (χ3n) is 3.18. The number of nitrogens with one attached hydrogen (secondary N) is 1. The van der Waals surface area contributed by atoms with Gasteiger partial charge in [0.05, 0.1) is 7.11 Å². The second-order valence-electron chi connectivity index (χ2n) is 5.88. The molecule has 1 aromatic rings. The Labute approximate surface area is 137 Å². The summed E-state index contributed by atoms with van der Waals surface area (Å²) in [6, 6.07) is 4.49. The molecule has 0 unspecified atom stereocenters. The van der Waals surface area contributed by atoms with Gasteiger partial charge in [0.1, 0.15) is 0 Å². The molecule has 2 amide bonds. The molecule has 1 aromatic carbocycles. The van der Waals surface area contributed by atoms with Crippen molar-refractivity contribution in [2.75, 3.05) is 33.9 Å². The van der Waals surface area contributed by atoms with Crippen LogP contribution in [0.5, 0.6) is 5.75 Å². The molecule has 0 atom stereocenters. The average molecular weight is 326 g/mol. The summed E-state index contributed by atoms with van der Waals surface area (Å²) in [6.07, 6.45) is 0.767. The number of amides is 2. The molecule has 1 rings (SSSR count). The van der Waals surface area contributed by atoms with Gasteiger partial charge >= 0.3 is 6.03 Å². The van der Waals surface area contributed by atoms with Crippen molar-refractivity contribution in [1.29, 1.82) is 0 Å². The second-order valence-corrected chi connectivity index (χ2v) is 5.88. The van der Waals surface area contributed by atoms with Crippen LogP contribution in [-0.4, -0.2) is 44.8 Å². The lowest BCUT2D eigenvalue weighted by atomic mass is 10.2. The van der Waals surface area contributed by atoms with Crippen LogP contribution in [0.15, 0.2) is 18.2 Å². The Bertz CT molecular complexity index is 495. The molecule has 0 fully saturated rings. The molecule has 130 valence electrons. The van der Waals surface area contributed by atoms with E-state index in [0.717, 1.165) is 13.0 Å². The van der Waals surface area contributed by atoms with Crippen molar-refractivity contribution in [1.82, 2.24) is 10.2 Å². The van der Waals surface area contributed by atoms with Crippen molar-refractivity contribution in [3.8, 4) is 5.75 Å². The van der Waals surface area contributed by atoms with E-state index in [2.05, 4.69) is 19.2 Å². The Morgan fingerprint density at radius 2 is 2.13 bits per heavy atom. The van der Waals surface area contributed by atoms with Crippen LogP contribution in [-0.2, 0) is 11.3 Å². The summed E-state index contributed by atoms with van der Waals surface area (Å²) in [5, 5.41) is 2.82. The van der Waals surface area contributed by atoms with Crippen molar-refractivity contribution in [2.45, 2.75) is 26.8 Å². The Hall–Kier alpha value is -1.82. The fourth-order valence-electron chi connectivity index (χ4n) is 1.98. The third kappa shape index (κ3) is 7.32. The molecule has 23 heavy (non-hydrogen) atoms. The number of carbonyl (C=O) groups is 1. The van der Waals surface area contributed by atoms with Gasteiger partial charge in [-0.15, -0.1) is 0 Å². The molecule has 0 radical (unpaired) electrons. The van der Waals surface area contributed by atoms with E-state index in [0.29, 0.717) is 31.2 Å². The van der Waals surface area contributed by atoms with Crippen molar-refractivity contribution in [3.63, 3.8) is 0 Å². The SMILES string of the molecule is COc1ccc(CN(C)C(=O)NCCCOCC(C)C)cc1F. The molecule has 5 nitrogen and oxygen atoms in total. The number of benzene rings is 1. The molecule has 0 saturated carbocycles. The second kappa shape index (κ2) is 10.0. The monoisotopic (exact) mass is 326 g/mol. The van der Waals surface area contributed by atoms with Crippen LogP contribution < -0.4 is 10.1 Å². The minimum atomic E-state index is -0.430. The van der Waals surface area contributed by atoms with Gasteiger partial charge in [0.15, 0.2) is 11.6 Å². The van der Waals surface area contributed by atoms with E-state index < -0.39 is 5.82 Å². The maximum atomic E-state index is 13.6. The van der Waals surface area contributed by atoms with Crippen LogP contribution in [0, 0.1) is 11.7 Å². The van der Waals surface area contributed by atoms with Gasteiger partial charge in [-0.05, 0) is 30.0 Å². The van der Waals surface area contributed by atoms with Gasteiger partial charge in [0.25, 0.3) is 0 Å². The van der Waals surface area contributed by atoms with E-state index in [1.54, 1.807) is 19.2 Å². The summed E-state index contributed by atoms with van der Waals surface area (Å²) in [7, 11) is 3.09. The molecule has 0 saturated heterocycles. The molecule has 0 aliphatic carbocycles. The molecule has 1 N–H and O–H groups in total. The van der Waals surface area contributed by atoms with E-state index in [9.17, 15) is 9.18 Å². The molecule has 0 spiro atoms. The molecule has 0 aromatic heterocycles. The van der Waals surface area contributed by atoms with E-state index in [-0.39, 0.29) is 11.8 Å². The highest BCUT2D eigenvalue weighted by Gasteiger charge is 2.10. The van der Waals surface area contributed by atoms with Crippen LogP contribution in [0.25, 0.3) is 0 Å². The van der Waals surface area contributed by atoms with Crippen LogP contribution in [0.3, 0.4) is 0 Å². The first-order chi connectivity index (χ1) is 10.9. The van der Waals surface area contributed by atoms with Gasteiger partial charge in [-0.1, -0.05) is 19.9 Å². The van der Waals surface area contributed by atoms with Crippen LogP contribution in [0.1, 0.15) is 25.8 Å². The number of hydrogen-bond acceptors (Lipinski definition) is 3. The number of urea groups is 1. The molecular weight excluding hydrogens is 299 g/mol. The van der Waals surface area contributed by atoms with E-state index in [1.807, 2.05) is 0 Å². The molecule has 0 heterocycles. The van der Waals surface area contributed by atoms with Gasteiger partial charge in [-0.2, -0.15) is 0 Å². The van der Waals surface area contributed by atoms with E-state index >= 15 is 0 Å². The molecule has 0 aliphatic rings. The highest BCUT2D eigenvalue weighted by atomic mass is 19.1. The number of carbonyl (C=O) groups excluding carboxylic acids is 1. The smallest absolute Gasteiger partial charge is 0.317 e. The lowest BCUT2D eigenvalue weighted by molar-refractivity contribution is 0.108. The number of methoxy groups -OCH3 is 1. The number of halogens is 1. The third-order valence-corrected chi connectivity index (χ3v) is 3.18. The molecule has 6 heteroatoms. The number of rotatable bonds is 9. The van der Waals surface area contributed by atoms with Gasteiger partial charge in [0, 0.05) is 33.4 Å². The first kappa shape index (κ1) is 19.2. The molecule has 0 aliphatic heterocycles. The topological polar surface area (TPSA) is 50.8 Å². The van der Waals surface area contributed by atoms with Gasteiger partial charge < -0.3 is 19.7 Å². The summed E-state index contributed by atoms with van der Waals surface area (Å²) >= 11 is 0. The van der Waals surface area contributed by atoms with Crippen molar-refractivity contribution < 1.29 is 18.7 Å². The minimum Gasteiger partial charge on any atom is -0.494 e.